The van der Waals surface area contributed by atoms with Crippen molar-refractivity contribution in [2.45, 2.75) is 25.8 Å². The maximum absolute atomic E-state index is 5.20. The maximum Gasteiger partial charge on any atom is 0.244 e. The largest absolute Gasteiger partial charge is 0.337 e. The topological polar surface area (TPSA) is 42.2 Å². The van der Waals surface area contributed by atoms with Gasteiger partial charge in [0, 0.05) is 0 Å². The Morgan fingerprint density at radius 2 is 2.57 bits per heavy atom. The summed E-state index contributed by atoms with van der Waals surface area (Å²) in [5.41, 5.74) is 0. The van der Waals surface area contributed by atoms with Crippen molar-refractivity contribution in [2.75, 3.05) is 13.1 Å². The van der Waals surface area contributed by atoms with Gasteiger partial charge in [0.25, 0.3) is 0 Å². The molecule has 1 aliphatic heterocycles. The van der Waals surface area contributed by atoms with Crippen LogP contribution in [0, 0.1) is 0 Å². The van der Waals surface area contributed by atoms with Gasteiger partial charge in [-0.15, -0.1) is 0 Å². The van der Waals surface area contributed by atoms with Crippen LogP contribution in [0.5, 0.6) is 0 Å². The Morgan fingerprint density at radius 1 is 1.71 bits per heavy atom. The molecule has 2 heterocycles. The van der Waals surface area contributed by atoms with Crippen LogP contribution in [-0.2, 0) is 0 Å². The van der Waals surface area contributed by atoms with Gasteiger partial charge in [-0.3, -0.25) is 4.90 Å². The summed E-state index contributed by atoms with van der Waals surface area (Å²) in [6.45, 7) is 7.94. The molecule has 0 N–H and O–H groups in total. The third kappa shape index (κ3) is 1.57. The lowest BCUT2D eigenvalue weighted by molar-refractivity contribution is 0.217. The molecular weight excluding hydrogens is 178 g/mol. The molecule has 1 aliphatic rings. The Hall–Kier alpha value is -1.16. The fourth-order valence-electron chi connectivity index (χ4n) is 1.95. The highest BCUT2D eigenvalue weighted by Crippen LogP contribution is 2.30. The molecule has 1 fully saturated rings. The molecule has 1 aromatic heterocycles. The summed E-state index contributed by atoms with van der Waals surface area (Å²) in [5, 5.41) is 3.82. The van der Waals surface area contributed by atoms with Crippen LogP contribution in [0.2, 0.25) is 0 Å². The van der Waals surface area contributed by atoms with Crippen molar-refractivity contribution in [1.29, 1.82) is 0 Å². The highest BCUT2D eigenvalue weighted by Gasteiger charge is 2.28. The van der Waals surface area contributed by atoms with Gasteiger partial charge in [0.1, 0.15) is 0 Å². The molecule has 0 radical (unpaired) electrons. The van der Waals surface area contributed by atoms with Gasteiger partial charge in [-0.05, 0) is 32.0 Å². The first-order valence-electron chi connectivity index (χ1n) is 5.05. The molecule has 0 spiro atoms. The second-order valence-electron chi connectivity index (χ2n) is 3.48. The van der Waals surface area contributed by atoms with Crippen LogP contribution < -0.4 is 0 Å². The second-order valence-corrected chi connectivity index (χ2v) is 3.48. The molecular formula is C10H15N3O. The maximum atomic E-state index is 5.20. The average Bonchev–Trinajstić information content (AvgIpc) is 2.85. The minimum absolute atomic E-state index is 0.321. The number of likely N-dealkylation sites (tertiary alicyclic amines) is 1. The van der Waals surface area contributed by atoms with Gasteiger partial charge in [-0.1, -0.05) is 18.7 Å². The van der Waals surface area contributed by atoms with Crippen molar-refractivity contribution in [1.82, 2.24) is 15.0 Å². The minimum Gasteiger partial charge on any atom is -0.337 e. The SMILES string of the molecule is C=Cc1noc(C2CCCN2CC)n1. The third-order valence-corrected chi connectivity index (χ3v) is 2.69. The third-order valence-electron chi connectivity index (χ3n) is 2.69. The van der Waals surface area contributed by atoms with Gasteiger partial charge >= 0.3 is 0 Å². The summed E-state index contributed by atoms with van der Waals surface area (Å²) >= 11 is 0. The van der Waals surface area contributed by atoms with Crippen molar-refractivity contribution in [3.8, 4) is 0 Å². The molecule has 0 amide bonds. The van der Waals surface area contributed by atoms with Gasteiger partial charge in [0.2, 0.25) is 5.89 Å². The van der Waals surface area contributed by atoms with E-state index in [0.717, 1.165) is 25.4 Å². The Labute approximate surface area is 83.6 Å². The molecule has 1 saturated heterocycles. The van der Waals surface area contributed by atoms with E-state index in [4.69, 9.17) is 4.52 Å². The summed E-state index contributed by atoms with van der Waals surface area (Å²) in [5.74, 6) is 1.32. The molecule has 2 rings (SSSR count). The van der Waals surface area contributed by atoms with E-state index in [1.165, 1.54) is 6.42 Å². The standard InChI is InChI=1S/C10H15N3O/c1-3-9-11-10(14-12-9)8-6-5-7-13(8)4-2/h3,8H,1,4-7H2,2H3. The van der Waals surface area contributed by atoms with E-state index < -0.39 is 0 Å². The molecule has 14 heavy (non-hydrogen) atoms. The molecule has 1 aromatic rings. The van der Waals surface area contributed by atoms with Crippen molar-refractivity contribution in [3.05, 3.63) is 18.3 Å². The molecule has 0 saturated carbocycles. The second kappa shape index (κ2) is 3.92. The number of rotatable bonds is 3. The zero-order valence-electron chi connectivity index (χ0n) is 8.44. The van der Waals surface area contributed by atoms with E-state index in [0.29, 0.717) is 11.9 Å². The van der Waals surface area contributed by atoms with Crippen LogP contribution in [-0.4, -0.2) is 28.1 Å². The van der Waals surface area contributed by atoms with E-state index >= 15 is 0 Å². The molecule has 4 nitrogen and oxygen atoms in total. The van der Waals surface area contributed by atoms with Crippen molar-refractivity contribution in [2.24, 2.45) is 0 Å². The van der Waals surface area contributed by atoms with Crippen molar-refractivity contribution in [3.63, 3.8) is 0 Å². The molecule has 0 aromatic carbocycles. The smallest absolute Gasteiger partial charge is 0.244 e. The monoisotopic (exact) mass is 193 g/mol. The zero-order valence-corrected chi connectivity index (χ0v) is 8.44. The highest BCUT2D eigenvalue weighted by atomic mass is 16.5. The highest BCUT2D eigenvalue weighted by molar-refractivity contribution is 5.34. The predicted molar refractivity (Wildman–Crippen MR) is 53.6 cm³/mol. The van der Waals surface area contributed by atoms with Crippen LogP contribution in [0.3, 0.4) is 0 Å². The van der Waals surface area contributed by atoms with Crippen molar-refractivity contribution >= 4 is 6.08 Å². The van der Waals surface area contributed by atoms with E-state index in [-0.39, 0.29) is 0 Å². The van der Waals surface area contributed by atoms with E-state index in [2.05, 4.69) is 28.5 Å². The van der Waals surface area contributed by atoms with Crippen LogP contribution in [0.15, 0.2) is 11.1 Å². The van der Waals surface area contributed by atoms with Crippen molar-refractivity contribution < 1.29 is 4.52 Å². The van der Waals surface area contributed by atoms with Gasteiger partial charge in [0.15, 0.2) is 5.82 Å². The zero-order chi connectivity index (χ0) is 9.97. The Kier molecular flexibility index (Phi) is 2.63. The van der Waals surface area contributed by atoms with Gasteiger partial charge < -0.3 is 4.52 Å². The minimum atomic E-state index is 0.321. The number of hydrogen-bond acceptors (Lipinski definition) is 4. The van der Waals surface area contributed by atoms with Gasteiger partial charge in [0.05, 0.1) is 6.04 Å². The Morgan fingerprint density at radius 3 is 3.21 bits per heavy atom. The summed E-state index contributed by atoms with van der Waals surface area (Å²) < 4.78 is 5.20. The quantitative estimate of drug-likeness (QED) is 0.735. The van der Waals surface area contributed by atoms with Gasteiger partial charge in [-0.25, -0.2) is 0 Å². The summed E-state index contributed by atoms with van der Waals surface area (Å²) in [4.78, 5) is 6.63. The first-order chi connectivity index (χ1) is 6.85. The Bertz CT molecular complexity index is 321. The van der Waals surface area contributed by atoms with Crippen LogP contribution in [0.25, 0.3) is 6.08 Å². The fourth-order valence-corrected chi connectivity index (χ4v) is 1.95. The first-order valence-corrected chi connectivity index (χ1v) is 5.05. The van der Waals surface area contributed by atoms with Crippen LogP contribution >= 0.6 is 0 Å². The van der Waals surface area contributed by atoms with E-state index in [1.807, 2.05) is 0 Å². The molecule has 4 heteroatoms. The van der Waals surface area contributed by atoms with Gasteiger partial charge in [-0.2, -0.15) is 4.98 Å². The number of hydrogen-bond donors (Lipinski definition) is 0. The predicted octanol–water partition coefficient (Wildman–Crippen LogP) is 1.87. The molecule has 76 valence electrons. The van der Waals surface area contributed by atoms with E-state index in [9.17, 15) is 0 Å². The Balaban J connectivity index is 2.17. The summed E-state index contributed by atoms with van der Waals surface area (Å²) in [6, 6.07) is 0.321. The lowest BCUT2D eigenvalue weighted by atomic mass is 10.2. The van der Waals surface area contributed by atoms with Crippen LogP contribution in [0.4, 0.5) is 0 Å². The normalized spacial score (nSPS) is 22.8. The molecule has 1 unspecified atom stereocenters. The molecule has 0 bridgehead atoms. The molecule has 0 aliphatic carbocycles. The molecule has 1 atom stereocenters. The number of aromatic nitrogens is 2. The summed E-state index contributed by atoms with van der Waals surface area (Å²) in [7, 11) is 0. The summed E-state index contributed by atoms with van der Waals surface area (Å²) in [6.07, 6.45) is 3.94. The van der Waals surface area contributed by atoms with E-state index in [1.54, 1.807) is 6.08 Å². The lowest BCUT2D eigenvalue weighted by Crippen LogP contribution is -2.22. The number of nitrogens with zero attached hydrogens (tertiary/aromatic N) is 3. The lowest BCUT2D eigenvalue weighted by Gasteiger charge is -2.18. The van der Waals surface area contributed by atoms with Crippen LogP contribution in [0.1, 0.15) is 37.5 Å². The average molecular weight is 193 g/mol. The fraction of sp³-hybridized carbons (Fsp3) is 0.600. The first kappa shape index (κ1) is 9.40.